The zero-order valence-electron chi connectivity index (χ0n) is 11.9. The average Bonchev–Trinajstić information content (AvgIpc) is 2.35. The molecular formula is C12H23N3O4. The highest BCUT2D eigenvalue weighted by Crippen LogP contribution is 1.97. The second-order valence-electron chi connectivity index (χ2n) is 4.37. The van der Waals surface area contributed by atoms with Gasteiger partial charge in [-0.3, -0.25) is 4.79 Å². The van der Waals surface area contributed by atoms with Crippen LogP contribution in [0.4, 0.5) is 4.79 Å². The Balaban J connectivity index is 4.36. The summed E-state index contributed by atoms with van der Waals surface area (Å²) in [6.45, 7) is 5.76. The van der Waals surface area contributed by atoms with Crippen molar-refractivity contribution < 1.29 is 19.5 Å². The first kappa shape index (κ1) is 17.2. The van der Waals surface area contributed by atoms with Crippen LogP contribution in [0.25, 0.3) is 0 Å². The molecule has 0 aromatic rings. The van der Waals surface area contributed by atoms with Crippen molar-refractivity contribution in [3.63, 3.8) is 0 Å². The predicted octanol–water partition coefficient (Wildman–Crippen LogP) is 0.406. The molecule has 0 radical (unpaired) electrons. The van der Waals surface area contributed by atoms with Crippen molar-refractivity contribution >= 4 is 17.9 Å². The number of likely N-dealkylation sites (N-methyl/N-ethyl adjacent to an activating group) is 1. The molecule has 0 aliphatic carbocycles. The third-order valence-electron chi connectivity index (χ3n) is 2.75. The Hall–Kier alpha value is -1.79. The number of nitrogens with one attached hydrogen (secondary N) is 2. The fourth-order valence-electron chi connectivity index (χ4n) is 1.49. The molecule has 0 aliphatic heterocycles. The molecule has 19 heavy (non-hydrogen) atoms. The number of aliphatic carboxylic acids is 1. The largest absolute Gasteiger partial charge is 0.480 e. The average molecular weight is 273 g/mol. The van der Waals surface area contributed by atoms with Crippen LogP contribution in [0, 0.1) is 0 Å². The third-order valence-corrected chi connectivity index (χ3v) is 2.75. The molecule has 0 fully saturated rings. The first-order valence-electron chi connectivity index (χ1n) is 6.38. The van der Waals surface area contributed by atoms with E-state index in [-0.39, 0.29) is 5.91 Å². The van der Waals surface area contributed by atoms with Gasteiger partial charge in [0.1, 0.15) is 12.1 Å². The van der Waals surface area contributed by atoms with Gasteiger partial charge in [0.15, 0.2) is 0 Å². The van der Waals surface area contributed by atoms with Crippen molar-refractivity contribution in [1.82, 2.24) is 15.5 Å². The normalized spacial score (nSPS) is 13.3. The van der Waals surface area contributed by atoms with Crippen molar-refractivity contribution in [2.45, 2.75) is 45.7 Å². The number of rotatable bonds is 7. The van der Waals surface area contributed by atoms with Crippen LogP contribution >= 0.6 is 0 Å². The van der Waals surface area contributed by atoms with Crippen molar-refractivity contribution in [1.29, 1.82) is 0 Å². The summed E-state index contributed by atoms with van der Waals surface area (Å²) in [6.07, 6.45) is 0.990. The van der Waals surface area contributed by atoms with Crippen molar-refractivity contribution in [2.75, 3.05) is 13.6 Å². The van der Waals surface area contributed by atoms with Crippen LogP contribution in [0.1, 0.15) is 33.6 Å². The molecule has 0 saturated carbocycles. The van der Waals surface area contributed by atoms with E-state index in [1.54, 1.807) is 14.0 Å². The first-order valence-corrected chi connectivity index (χ1v) is 6.38. The summed E-state index contributed by atoms with van der Waals surface area (Å²) in [5.41, 5.74) is 0. The highest BCUT2D eigenvalue weighted by Gasteiger charge is 2.22. The first-order chi connectivity index (χ1) is 8.83. The number of hydrogen-bond acceptors (Lipinski definition) is 3. The molecule has 0 rings (SSSR count). The van der Waals surface area contributed by atoms with E-state index in [1.165, 1.54) is 4.90 Å². The van der Waals surface area contributed by atoms with E-state index in [9.17, 15) is 14.4 Å². The molecule has 110 valence electrons. The van der Waals surface area contributed by atoms with Gasteiger partial charge in [0.05, 0.1) is 0 Å². The summed E-state index contributed by atoms with van der Waals surface area (Å²) in [6, 6.07) is -2.27. The van der Waals surface area contributed by atoms with E-state index in [0.717, 1.165) is 0 Å². The highest BCUT2D eigenvalue weighted by atomic mass is 16.4. The molecule has 0 heterocycles. The number of carbonyl (C=O) groups is 3. The molecule has 0 bridgehead atoms. The molecule has 7 nitrogen and oxygen atoms in total. The molecule has 3 amide bonds. The van der Waals surface area contributed by atoms with Crippen LogP contribution in [-0.2, 0) is 9.59 Å². The zero-order valence-corrected chi connectivity index (χ0v) is 11.9. The Labute approximate surface area is 113 Å². The summed E-state index contributed by atoms with van der Waals surface area (Å²) >= 11 is 0. The van der Waals surface area contributed by atoms with Crippen LogP contribution in [0.15, 0.2) is 0 Å². The fraction of sp³-hybridized carbons (Fsp3) is 0.750. The number of carbonyl (C=O) groups excluding carboxylic acids is 2. The van der Waals surface area contributed by atoms with Gasteiger partial charge in [0, 0.05) is 13.6 Å². The van der Waals surface area contributed by atoms with Gasteiger partial charge in [-0.05, 0) is 20.3 Å². The molecular weight excluding hydrogens is 250 g/mol. The number of urea groups is 1. The minimum Gasteiger partial charge on any atom is -0.480 e. The van der Waals surface area contributed by atoms with Gasteiger partial charge in [0.2, 0.25) is 5.91 Å². The number of carboxylic acid groups (broad SMARTS) is 1. The second kappa shape index (κ2) is 8.34. The Morgan fingerprint density at radius 2 is 1.79 bits per heavy atom. The van der Waals surface area contributed by atoms with E-state index < -0.39 is 24.1 Å². The lowest BCUT2D eigenvalue weighted by atomic mass is 10.2. The van der Waals surface area contributed by atoms with E-state index in [4.69, 9.17) is 5.11 Å². The monoisotopic (exact) mass is 273 g/mol. The Morgan fingerprint density at radius 1 is 1.21 bits per heavy atom. The summed E-state index contributed by atoms with van der Waals surface area (Å²) < 4.78 is 0. The quantitative estimate of drug-likeness (QED) is 0.625. The van der Waals surface area contributed by atoms with Crippen LogP contribution < -0.4 is 10.6 Å². The van der Waals surface area contributed by atoms with Gasteiger partial charge in [-0.1, -0.05) is 13.3 Å². The van der Waals surface area contributed by atoms with Gasteiger partial charge in [-0.25, -0.2) is 9.59 Å². The predicted molar refractivity (Wildman–Crippen MR) is 70.8 cm³/mol. The van der Waals surface area contributed by atoms with E-state index in [1.807, 2.05) is 13.8 Å². The number of carboxylic acids is 1. The number of hydrogen-bond donors (Lipinski definition) is 3. The lowest BCUT2D eigenvalue weighted by molar-refractivity contribution is -0.139. The number of amides is 3. The maximum atomic E-state index is 11.7. The van der Waals surface area contributed by atoms with Gasteiger partial charge in [-0.2, -0.15) is 0 Å². The Bertz CT molecular complexity index is 333. The van der Waals surface area contributed by atoms with Crippen LogP contribution in [0.3, 0.4) is 0 Å². The van der Waals surface area contributed by atoms with E-state index in [2.05, 4.69) is 10.6 Å². The van der Waals surface area contributed by atoms with Gasteiger partial charge in [0.25, 0.3) is 0 Å². The van der Waals surface area contributed by atoms with Gasteiger partial charge >= 0.3 is 12.0 Å². The minimum absolute atomic E-state index is 0.222. The molecule has 0 aromatic heterocycles. The van der Waals surface area contributed by atoms with Crippen molar-refractivity contribution in [3.05, 3.63) is 0 Å². The molecule has 0 spiro atoms. The topological polar surface area (TPSA) is 98.7 Å². The third kappa shape index (κ3) is 6.08. The fourth-order valence-corrected chi connectivity index (χ4v) is 1.49. The molecule has 3 N–H and O–H groups in total. The van der Waals surface area contributed by atoms with Crippen molar-refractivity contribution in [2.24, 2.45) is 0 Å². The highest BCUT2D eigenvalue weighted by molar-refractivity contribution is 5.88. The Kier molecular flexibility index (Phi) is 7.55. The van der Waals surface area contributed by atoms with Crippen LogP contribution in [0.5, 0.6) is 0 Å². The zero-order chi connectivity index (χ0) is 15.0. The molecule has 0 saturated heterocycles. The second-order valence-corrected chi connectivity index (χ2v) is 4.37. The van der Waals surface area contributed by atoms with Gasteiger partial charge in [-0.15, -0.1) is 0 Å². The van der Waals surface area contributed by atoms with Crippen LogP contribution in [-0.4, -0.2) is 53.6 Å². The van der Waals surface area contributed by atoms with Crippen LogP contribution in [0.2, 0.25) is 0 Å². The summed E-state index contributed by atoms with van der Waals surface area (Å²) in [5, 5.41) is 13.7. The standard InChI is InChI=1S/C12H23N3O4/c1-5-7-9(11(17)18)14-12(19)13-8(3)10(16)15(4)6-2/h8-9H,5-7H2,1-4H3,(H,17,18)(H2,13,14,19). The van der Waals surface area contributed by atoms with Gasteiger partial charge < -0.3 is 20.6 Å². The number of nitrogens with zero attached hydrogens (tertiary/aromatic N) is 1. The lowest BCUT2D eigenvalue weighted by Crippen LogP contribution is -2.52. The molecule has 0 aliphatic rings. The maximum absolute atomic E-state index is 11.7. The Morgan fingerprint density at radius 3 is 2.21 bits per heavy atom. The molecule has 2 atom stereocenters. The molecule has 0 aromatic carbocycles. The van der Waals surface area contributed by atoms with Crippen molar-refractivity contribution in [3.8, 4) is 0 Å². The maximum Gasteiger partial charge on any atom is 0.326 e. The van der Waals surface area contributed by atoms with E-state index >= 15 is 0 Å². The van der Waals surface area contributed by atoms with E-state index in [0.29, 0.717) is 19.4 Å². The molecule has 7 heteroatoms. The summed E-state index contributed by atoms with van der Waals surface area (Å²) in [4.78, 5) is 35.7. The summed E-state index contributed by atoms with van der Waals surface area (Å²) in [7, 11) is 1.63. The minimum atomic E-state index is -1.08. The smallest absolute Gasteiger partial charge is 0.326 e. The lowest BCUT2D eigenvalue weighted by Gasteiger charge is -2.21. The summed E-state index contributed by atoms with van der Waals surface area (Å²) in [5.74, 6) is -1.30. The SMILES string of the molecule is CCCC(NC(=O)NC(C)C(=O)N(C)CC)C(=O)O. The molecule has 2 unspecified atom stereocenters.